The van der Waals surface area contributed by atoms with Gasteiger partial charge in [0.05, 0.1) is 5.60 Å². The number of benzene rings is 1. The number of hydrogen-bond donors (Lipinski definition) is 1. The molecule has 0 aromatic heterocycles. The monoisotopic (exact) mass is 268 g/mol. The lowest BCUT2D eigenvalue weighted by Crippen LogP contribution is -2.27. The van der Waals surface area contributed by atoms with Crippen LogP contribution in [0.15, 0.2) is 12.1 Å². The molecule has 1 unspecified atom stereocenters. The third-order valence-corrected chi connectivity index (χ3v) is 3.96. The lowest BCUT2D eigenvalue weighted by molar-refractivity contribution is 0.0196. The minimum absolute atomic E-state index is 0.700. The number of hydrogen-bond acceptors (Lipinski definition) is 1. The molecule has 0 saturated heterocycles. The molecule has 0 fully saturated rings. The van der Waals surface area contributed by atoms with Gasteiger partial charge >= 0.3 is 0 Å². The van der Waals surface area contributed by atoms with Crippen molar-refractivity contribution in [1.82, 2.24) is 0 Å². The maximum atomic E-state index is 10.9. The topological polar surface area (TPSA) is 20.2 Å². The summed E-state index contributed by atoms with van der Waals surface area (Å²) in [5.41, 5.74) is 2.57. The van der Waals surface area contributed by atoms with Crippen molar-refractivity contribution >= 4 is 11.6 Å². The maximum absolute atomic E-state index is 10.9. The van der Waals surface area contributed by atoms with Crippen molar-refractivity contribution in [2.75, 3.05) is 0 Å². The molecule has 1 rings (SSSR count). The van der Waals surface area contributed by atoms with Crippen LogP contribution in [0, 0.1) is 13.8 Å². The summed E-state index contributed by atoms with van der Waals surface area (Å²) in [6.45, 7) is 8.31. The Hall–Kier alpha value is -0.530. The van der Waals surface area contributed by atoms with Crippen molar-refractivity contribution in [2.45, 2.75) is 65.4 Å². The van der Waals surface area contributed by atoms with Gasteiger partial charge in [-0.1, -0.05) is 44.7 Å². The molecule has 1 N–H and O–H groups in total. The molecule has 0 radical (unpaired) electrons. The molecule has 0 bridgehead atoms. The van der Waals surface area contributed by atoms with Crippen LogP contribution < -0.4 is 0 Å². The zero-order valence-corrected chi connectivity index (χ0v) is 12.8. The van der Waals surface area contributed by atoms with Crippen molar-refractivity contribution in [3.8, 4) is 0 Å². The van der Waals surface area contributed by atoms with Gasteiger partial charge in [-0.2, -0.15) is 0 Å². The van der Waals surface area contributed by atoms with Gasteiger partial charge in [0.15, 0.2) is 0 Å². The highest BCUT2D eigenvalue weighted by Gasteiger charge is 2.29. The first kappa shape index (κ1) is 15.5. The minimum Gasteiger partial charge on any atom is -0.385 e. The van der Waals surface area contributed by atoms with E-state index in [9.17, 15) is 5.11 Å². The molecule has 0 heterocycles. The predicted molar refractivity (Wildman–Crippen MR) is 79.3 cm³/mol. The zero-order valence-electron chi connectivity index (χ0n) is 12.0. The van der Waals surface area contributed by atoms with E-state index in [-0.39, 0.29) is 0 Å². The molecule has 0 aliphatic carbocycles. The van der Waals surface area contributed by atoms with Crippen LogP contribution in [-0.2, 0) is 5.60 Å². The Kier molecular flexibility index (Phi) is 5.68. The van der Waals surface area contributed by atoms with E-state index in [0.717, 1.165) is 41.0 Å². The molecule has 2 heteroatoms. The average molecular weight is 269 g/mol. The van der Waals surface area contributed by atoms with E-state index < -0.39 is 5.60 Å². The summed E-state index contributed by atoms with van der Waals surface area (Å²) in [6.07, 6.45) is 5.01. The summed E-state index contributed by atoms with van der Waals surface area (Å²) in [4.78, 5) is 0. The molecule has 1 aromatic carbocycles. The average Bonchev–Trinajstić information content (AvgIpc) is 2.28. The molecule has 1 atom stereocenters. The van der Waals surface area contributed by atoms with E-state index in [4.69, 9.17) is 11.6 Å². The zero-order chi connectivity index (χ0) is 13.8. The van der Waals surface area contributed by atoms with E-state index in [0.29, 0.717) is 0 Å². The maximum Gasteiger partial charge on any atom is 0.0899 e. The first-order valence-electron chi connectivity index (χ1n) is 6.94. The summed E-state index contributed by atoms with van der Waals surface area (Å²) in [5, 5.41) is 11.7. The first-order chi connectivity index (χ1) is 8.44. The van der Waals surface area contributed by atoms with Gasteiger partial charge in [0.1, 0.15) is 0 Å². The quantitative estimate of drug-likeness (QED) is 0.709. The van der Waals surface area contributed by atoms with Gasteiger partial charge in [-0.15, -0.1) is 0 Å². The Bertz CT molecular complexity index is 377. The van der Waals surface area contributed by atoms with Gasteiger partial charge in [-0.05, 0) is 55.5 Å². The molecule has 0 spiro atoms. The molecule has 0 saturated carbocycles. The molecule has 1 nitrogen and oxygen atoms in total. The molecular formula is C16H25ClO. The van der Waals surface area contributed by atoms with Crippen molar-refractivity contribution < 1.29 is 5.11 Å². The van der Waals surface area contributed by atoms with Crippen LogP contribution in [0.2, 0.25) is 5.02 Å². The second-order valence-corrected chi connectivity index (χ2v) is 5.69. The number of unbranched alkanes of at least 4 members (excludes halogenated alkanes) is 2. The Labute approximate surface area is 116 Å². The summed E-state index contributed by atoms with van der Waals surface area (Å²) >= 11 is 6.06. The highest BCUT2D eigenvalue weighted by Crippen LogP contribution is 2.36. The summed E-state index contributed by atoms with van der Waals surface area (Å²) in [7, 11) is 0. The summed E-state index contributed by atoms with van der Waals surface area (Å²) < 4.78 is 0. The van der Waals surface area contributed by atoms with Gasteiger partial charge in [-0.25, -0.2) is 0 Å². The van der Waals surface area contributed by atoms with Crippen molar-refractivity contribution in [1.29, 1.82) is 0 Å². The fraction of sp³-hybridized carbons (Fsp3) is 0.625. The van der Waals surface area contributed by atoms with Crippen LogP contribution in [0.4, 0.5) is 0 Å². The minimum atomic E-state index is -0.700. The fourth-order valence-electron chi connectivity index (χ4n) is 2.79. The number of rotatable bonds is 6. The molecule has 1 aromatic rings. The highest BCUT2D eigenvalue weighted by atomic mass is 35.5. The van der Waals surface area contributed by atoms with Gasteiger partial charge < -0.3 is 5.11 Å². The van der Waals surface area contributed by atoms with E-state index in [1.165, 1.54) is 12.8 Å². The van der Waals surface area contributed by atoms with Gasteiger partial charge in [0, 0.05) is 5.02 Å². The SMILES string of the molecule is CCCCCC(O)(CC)c1c(C)cc(Cl)cc1C. The van der Waals surface area contributed by atoms with Gasteiger partial charge in [0.2, 0.25) is 0 Å². The molecule has 0 aliphatic heterocycles. The number of halogens is 1. The van der Waals surface area contributed by atoms with E-state index in [2.05, 4.69) is 13.8 Å². The Morgan fingerprint density at radius 1 is 1.11 bits per heavy atom. The van der Waals surface area contributed by atoms with Crippen LogP contribution in [0.1, 0.15) is 62.6 Å². The van der Waals surface area contributed by atoms with Crippen LogP contribution in [0.3, 0.4) is 0 Å². The number of aryl methyl sites for hydroxylation is 2. The van der Waals surface area contributed by atoms with Crippen molar-refractivity contribution in [2.24, 2.45) is 0 Å². The number of aliphatic hydroxyl groups is 1. The lowest BCUT2D eigenvalue weighted by Gasteiger charge is -2.31. The fourth-order valence-corrected chi connectivity index (χ4v) is 3.12. The normalized spacial score (nSPS) is 14.6. The third kappa shape index (κ3) is 3.49. The van der Waals surface area contributed by atoms with E-state index in [1.807, 2.05) is 26.0 Å². The second kappa shape index (κ2) is 6.58. The van der Waals surface area contributed by atoms with E-state index in [1.54, 1.807) is 0 Å². The molecule has 0 amide bonds. The Morgan fingerprint density at radius 3 is 2.11 bits per heavy atom. The van der Waals surface area contributed by atoms with Crippen LogP contribution in [0.25, 0.3) is 0 Å². The Balaban J connectivity index is 3.07. The predicted octanol–water partition coefficient (Wildman–Crippen LogP) is 5.13. The lowest BCUT2D eigenvalue weighted by atomic mass is 9.81. The molecular weight excluding hydrogens is 244 g/mol. The standard InChI is InChI=1S/C16H25ClO/c1-5-7-8-9-16(18,6-2)15-12(3)10-14(17)11-13(15)4/h10-11,18H,5-9H2,1-4H3. The summed E-state index contributed by atoms with van der Waals surface area (Å²) in [6, 6.07) is 3.90. The highest BCUT2D eigenvalue weighted by molar-refractivity contribution is 6.30. The largest absolute Gasteiger partial charge is 0.385 e. The van der Waals surface area contributed by atoms with Crippen LogP contribution in [-0.4, -0.2) is 5.11 Å². The van der Waals surface area contributed by atoms with E-state index >= 15 is 0 Å². The third-order valence-electron chi connectivity index (χ3n) is 3.74. The van der Waals surface area contributed by atoms with Gasteiger partial charge in [-0.3, -0.25) is 0 Å². The molecule has 0 aliphatic rings. The van der Waals surface area contributed by atoms with Gasteiger partial charge in [0.25, 0.3) is 0 Å². The Morgan fingerprint density at radius 2 is 1.67 bits per heavy atom. The van der Waals surface area contributed by atoms with Crippen LogP contribution >= 0.6 is 11.6 Å². The van der Waals surface area contributed by atoms with Crippen LogP contribution in [0.5, 0.6) is 0 Å². The van der Waals surface area contributed by atoms with Crippen molar-refractivity contribution in [3.05, 3.63) is 33.8 Å². The van der Waals surface area contributed by atoms with Crippen molar-refractivity contribution in [3.63, 3.8) is 0 Å². The smallest absolute Gasteiger partial charge is 0.0899 e. The first-order valence-corrected chi connectivity index (χ1v) is 7.32. The molecule has 102 valence electrons. The molecule has 18 heavy (non-hydrogen) atoms. The summed E-state index contributed by atoms with van der Waals surface area (Å²) in [5.74, 6) is 0. The second-order valence-electron chi connectivity index (χ2n) is 5.26.